The van der Waals surface area contributed by atoms with Gasteiger partial charge in [-0.05, 0) is 46.5 Å². The molecule has 0 spiro atoms. The smallest absolute Gasteiger partial charge is 0.242 e. The van der Waals surface area contributed by atoms with Crippen LogP contribution in [0.5, 0.6) is 0 Å². The molecule has 0 atom stereocenters. The zero-order valence-electron chi connectivity index (χ0n) is 14.6. The Morgan fingerprint density at radius 1 is 1.41 bits per heavy atom. The Hall–Kier alpha value is -0.530. The van der Waals surface area contributed by atoms with E-state index in [1.54, 1.807) is 7.05 Å². The summed E-state index contributed by atoms with van der Waals surface area (Å²) in [6.07, 6.45) is 3.98. The second-order valence-corrected chi connectivity index (χ2v) is 7.25. The Morgan fingerprint density at radius 2 is 2.05 bits per heavy atom. The number of piperazine rings is 1. The number of carbonyl (C=O) groups excluding carboxylic acids is 1. The number of nitrogens with zero attached hydrogens (tertiary/aromatic N) is 3. The number of guanidine groups is 1. The van der Waals surface area contributed by atoms with E-state index >= 15 is 0 Å². The van der Waals surface area contributed by atoms with Crippen LogP contribution in [0.25, 0.3) is 0 Å². The monoisotopic (exact) mass is 422 g/mol. The molecule has 0 aromatic carbocycles. The third-order valence-corrected chi connectivity index (χ3v) is 4.63. The number of aliphatic imine (C=N–C) groups is 1. The molecule has 22 heavy (non-hydrogen) atoms. The lowest BCUT2D eigenvalue weighted by atomic mass is 9.85. The van der Waals surface area contributed by atoms with Gasteiger partial charge in [0.15, 0.2) is 5.96 Å². The van der Waals surface area contributed by atoms with Crippen LogP contribution < -0.4 is 5.32 Å². The summed E-state index contributed by atoms with van der Waals surface area (Å²) in [6, 6.07) is 0.236. The van der Waals surface area contributed by atoms with Crippen molar-refractivity contribution in [1.82, 2.24) is 15.1 Å². The van der Waals surface area contributed by atoms with E-state index < -0.39 is 0 Å². The van der Waals surface area contributed by atoms with Crippen LogP contribution in [0.4, 0.5) is 0 Å². The molecule has 1 aliphatic carbocycles. The van der Waals surface area contributed by atoms with Crippen LogP contribution in [-0.2, 0) is 4.79 Å². The van der Waals surface area contributed by atoms with Crippen LogP contribution in [0.3, 0.4) is 0 Å². The fraction of sp³-hybridized carbons (Fsp3) is 0.875. The highest BCUT2D eigenvalue weighted by Crippen LogP contribution is 2.26. The van der Waals surface area contributed by atoms with Crippen LogP contribution in [-0.4, -0.2) is 59.9 Å². The summed E-state index contributed by atoms with van der Waals surface area (Å²) in [5, 5.41) is 3.45. The van der Waals surface area contributed by atoms with Crippen LogP contribution in [0.1, 0.15) is 47.0 Å². The van der Waals surface area contributed by atoms with E-state index in [0.29, 0.717) is 6.54 Å². The molecule has 0 unspecified atom stereocenters. The van der Waals surface area contributed by atoms with Crippen molar-refractivity contribution in [2.45, 2.75) is 58.5 Å². The van der Waals surface area contributed by atoms with E-state index in [-0.39, 0.29) is 41.5 Å². The number of carbonyl (C=O) groups is 1. The lowest BCUT2D eigenvalue weighted by molar-refractivity contribution is -0.145. The predicted octanol–water partition coefficient (Wildman–Crippen LogP) is 2.31. The van der Waals surface area contributed by atoms with Gasteiger partial charge in [0.25, 0.3) is 0 Å². The van der Waals surface area contributed by atoms with Crippen LogP contribution in [0.2, 0.25) is 0 Å². The summed E-state index contributed by atoms with van der Waals surface area (Å²) >= 11 is 0. The summed E-state index contributed by atoms with van der Waals surface area (Å²) in [5.74, 6) is 1.84. The molecule has 1 amide bonds. The molecule has 1 aliphatic heterocycles. The van der Waals surface area contributed by atoms with Crippen molar-refractivity contribution in [3.05, 3.63) is 0 Å². The molecule has 5 nitrogen and oxygen atoms in total. The Labute approximate surface area is 151 Å². The highest BCUT2D eigenvalue weighted by atomic mass is 127. The first-order valence-corrected chi connectivity index (χ1v) is 8.13. The molecule has 0 aromatic heterocycles. The number of halogens is 1. The fourth-order valence-corrected chi connectivity index (χ4v) is 3.58. The van der Waals surface area contributed by atoms with E-state index in [4.69, 9.17) is 0 Å². The molecule has 2 rings (SSSR count). The van der Waals surface area contributed by atoms with Gasteiger partial charge in [-0.15, -0.1) is 24.0 Å². The number of nitrogens with one attached hydrogen (secondary N) is 1. The molecule has 1 saturated carbocycles. The van der Waals surface area contributed by atoms with Crippen molar-refractivity contribution < 1.29 is 4.79 Å². The highest BCUT2D eigenvalue weighted by Gasteiger charge is 2.40. The standard InChI is InChI=1S/C16H30N4O.HI/c1-12(2)20-14(21)10-19(11-16(20,3)4)15(17-5)18-9-13-7-6-8-13;/h12-13H,6-11H2,1-5H3,(H,17,18);1H. The fourth-order valence-electron chi connectivity index (χ4n) is 3.58. The van der Waals surface area contributed by atoms with Gasteiger partial charge in [-0.3, -0.25) is 9.79 Å². The molecule has 2 fully saturated rings. The normalized spacial score (nSPS) is 22.5. The first-order valence-electron chi connectivity index (χ1n) is 8.13. The number of hydrogen-bond acceptors (Lipinski definition) is 2. The van der Waals surface area contributed by atoms with Gasteiger partial charge in [-0.2, -0.15) is 0 Å². The molecule has 0 aromatic rings. The van der Waals surface area contributed by atoms with Gasteiger partial charge in [0.1, 0.15) is 0 Å². The zero-order chi connectivity index (χ0) is 15.6. The van der Waals surface area contributed by atoms with Crippen molar-refractivity contribution in [2.24, 2.45) is 10.9 Å². The van der Waals surface area contributed by atoms with Gasteiger partial charge < -0.3 is 15.1 Å². The molecule has 1 heterocycles. The topological polar surface area (TPSA) is 47.9 Å². The Morgan fingerprint density at radius 3 is 2.45 bits per heavy atom. The minimum absolute atomic E-state index is 0. The number of hydrogen-bond donors (Lipinski definition) is 1. The average Bonchev–Trinajstić information content (AvgIpc) is 2.29. The Balaban J connectivity index is 0.00000242. The molecule has 6 heteroatoms. The van der Waals surface area contributed by atoms with Crippen molar-refractivity contribution in [1.29, 1.82) is 0 Å². The summed E-state index contributed by atoms with van der Waals surface area (Å²) in [7, 11) is 1.80. The molecular weight excluding hydrogens is 391 g/mol. The van der Waals surface area contributed by atoms with Crippen molar-refractivity contribution >= 4 is 35.8 Å². The quantitative estimate of drug-likeness (QED) is 0.432. The maximum atomic E-state index is 12.5. The summed E-state index contributed by atoms with van der Waals surface area (Å²) in [6.45, 7) is 10.7. The minimum atomic E-state index is -0.169. The van der Waals surface area contributed by atoms with Crippen molar-refractivity contribution in [2.75, 3.05) is 26.7 Å². The lowest BCUT2D eigenvalue weighted by Gasteiger charge is -2.49. The first kappa shape index (κ1) is 19.5. The van der Waals surface area contributed by atoms with Crippen molar-refractivity contribution in [3.8, 4) is 0 Å². The number of rotatable bonds is 3. The first-order chi connectivity index (χ1) is 9.85. The van der Waals surface area contributed by atoms with E-state index in [2.05, 4.69) is 42.9 Å². The van der Waals surface area contributed by atoms with Crippen LogP contribution in [0, 0.1) is 5.92 Å². The Bertz CT molecular complexity index is 418. The second-order valence-electron chi connectivity index (χ2n) is 7.25. The third kappa shape index (κ3) is 4.26. The maximum Gasteiger partial charge on any atom is 0.242 e. The molecule has 0 bridgehead atoms. The van der Waals surface area contributed by atoms with Crippen LogP contribution in [0.15, 0.2) is 4.99 Å². The van der Waals surface area contributed by atoms with Gasteiger partial charge in [-0.1, -0.05) is 6.42 Å². The largest absolute Gasteiger partial charge is 0.356 e. The van der Waals surface area contributed by atoms with Gasteiger partial charge in [0, 0.05) is 26.2 Å². The summed E-state index contributed by atoms with van der Waals surface area (Å²) in [5.41, 5.74) is -0.169. The zero-order valence-corrected chi connectivity index (χ0v) is 16.9. The van der Waals surface area contributed by atoms with Crippen LogP contribution >= 0.6 is 24.0 Å². The van der Waals surface area contributed by atoms with Gasteiger partial charge in [0.05, 0.1) is 12.1 Å². The van der Waals surface area contributed by atoms with E-state index in [9.17, 15) is 4.79 Å². The van der Waals surface area contributed by atoms with Gasteiger partial charge in [-0.25, -0.2) is 0 Å². The van der Waals surface area contributed by atoms with Gasteiger partial charge >= 0.3 is 0 Å². The van der Waals surface area contributed by atoms with E-state index in [0.717, 1.165) is 25.0 Å². The molecule has 1 saturated heterocycles. The van der Waals surface area contributed by atoms with Crippen molar-refractivity contribution in [3.63, 3.8) is 0 Å². The average molecular weight is 422 g/mol. The Kier molecular flexibility index (Phi) is 6.95. The third-order valence-electron chi connectivity index (χ3n) is 4.63. The summed E-state index contributed by atoms with van der Waals surface area (Å²) in [4.78, 5) is 21.0. The molecule has 128 valence electrons. The SMILES string of the molecule is CN=C(NCC1CCC1)N1CC(=O)N(C(C)C)C(C)(C)C1.I. The number of amides is 1. The molecule has 2 aliphatic rings. The van der Waals surface area contributed by atoms with Gasteiger partial charge in [0.2, 0.25) is 5.91 Å². The minimum Gasteiger partial charge on any atom is -0.356 e. The van der Waals surface area contributed by atoms with E-state index in [1.807, 2.05) is 4.90 Å². The maximum absolute atomic E-state index is 12.5. The highest BCUT2D eigenvalue weighted by molar-refractivity contribution is 14.0. The molecular formula is C16H31IN4O. The second kappa shape index (κ2) is 7.84. The molecule has 1 N–H and O–H groups in total. The molecule has 0 radical (unpaired) electrons. The summed E-state index contributed by atoms with van der Waals surface area (Å²) < 4.78 is 0. The lowest BCUT2D eigenvalue weighted by Crippen LogP contribution is -2.66. The van der Waals surface area contributed by atoms with E-state index in [1.165, 1.54) is 19.3 Å². The predicted molar refractivity (Wildman–Crippen MR) is 102 cm³/mol.